The number of ketones is 1. The number of benzene rings is 2. The fraction of sp³-hybridized carbons (Fsp3) is 0.200. The number of Topliss-reactive ketones (excluding diaryl/α,β-unsaturated/α-hetero) is 1. The van der Waals surface area contributed by atoms with Crippen LogP contribution in [-0.4, -0.2) is 48.4 Å². The fourth-order valence-corrected chi connectivity index (χ4v) is 4.38. The van der Waals surface area contributed by atoms with Gasteiger partial charge >= 0.3 is 5.97 Å². The predicted octanol–water partition coefficient (Wildman–Crippen LogP) is 3.82. The molecule has 0 unspecified atom stereocenters. The Balaban J connectivity index is 1.73. The van der Waals surface area contributed by atoms with E-state index in [0.717, 1.165) is 11.8 Å². The molecule has 0 saturated heterocycles. The lowest BCUT2D eigenvalue weighted by Gasteiger charge is -2.13. The second-order valence-corrected chi connectivity index (χ2v) is 8.31. The van der Waals surface area contributed by atoms with Gasteiger partial charge in [-0.05, 0) is 48.5 Å². The maximum atomic E-state index is 13.4. The van der Waals surface area contributed by atoms with Gasteiger partial charge in [0.25, 0.3) is 5.56 Å². The number of aromatic nitrogens is 2. The minimum absolute atomic E-state index is 0.0175. The predicted molar refractivity (Wildman–Crippen MR) is 130 cm³/mol. The summed E-state index contributed by atoms with van der Waals surface area (Å²) in [5.74, 6) is 0.709. The molecule has 0 N–H and O–H groups in total. The zero-order valence-electron chi connectivity index (χ0n) is 19.3. The number of hydrogen-bond donors (Lipinski definition) is 0. The molecule has 2 aromatic heterocycles. The van der Waals surface area contributed by atoms with Gasteiger partial charge in [-0.2, -0.15) is 0 Å². The molecule has 2 aromatic carbocycles. The molecule has 4 rings (SSSR count). The van der Waals surface area contributed by atoms with Crippen LogP contribution in [0.15, 0.2) is 69.2 Å². The van der Waals surface area contributed by atoms with Crippen molar-refractivity contribution in [2.75, 3.05) is 27.1 Å². The number of ether oxygens (including phenoxy) is 3. The average molecular weight is 495 g/mol. The Morgan fingerprint density at radius 2 is 1.89 bits per heavy atom. The Bertz CT molecular complexity index is 1440. The summed E-state index contributed by atoms with van der Waals surface area (Å²) in [5.41, 5.74) is 0.621. The smallest absolute Gasteiger partial charge is 0.337 e. The first-order valence-corrected chi connectivity index (χ1v) is 11.5. The van der Waals surface area contributed by atoms with Crippen LogP contribution < -0.4 is 15.0 Å². The van der Waals surface area contributed by atoms with Crippen LogP contribution in [0.25, 0.3) is 10.9 Å². The van der Waals surface area contributed by atoms with Gasteiger partial charge in [-0.3, -0.25) is 14.2 Å². The SMILES string of the molecule is COC(=O)c1ccc2c(=O)n(Cc3ccco3)c(SCC(=O)c3cc(OC)ccc3OC)nc2c1. The molecule has 0 bridgehead atoms. The largest absolute Gasteiger partial charge is 0.497 e. The summed E-state index contributed by atoms with van der Waals surface area (Å²) in [7, 11) is 4.28. The highest BCUT2D eigenvalue weighted by Gasteiger charge is 2.19. The van der Waals surface area contributed by atoms with Crippen LogP contribution in [0.1, 0.15) is 26.5 Å². The van der Waals surface area contributed by atoms with Crippen molar-refractivity contribution in [1.82, 2.24) is 9.55 Å². The van der Waals surface area contributed by atoms with E-state index in [4.69, 9.17) is 18.6 Å². The standard InChI is InChI=1S/C25H22N2O7S/c1-31-16-7-9-22(32-2)19(12-16)21(28)14-35-25-26-20-11-15(24(30)33-3)6-8-18(20)23(29)27(25)13-17-5-4-10-34-17/h4-12H,13-14H2,1-3H3. The van der Waals surface area contributed by atoms with Gasteiger partial charge in [0.1, 0.15) is 17.3 Å². The fourth-order valence-electron chi connectivity index (χ4n) is 3.49. The van der Waals surface area contributed by atoms with Crippen molar-refractivity contribution in [3.63, 3.8) is 0 Å². The van der Waals surface area contributed by atoms with Crippen LogP contribution in [0.5, 0.6) is 11.5 Å². The van der Waals surface area contributed by atoms with E-state index in [2.05, 4.69) is 4.98 Å². The van der Waals surface area contributed by atoms with E-state index < -0.39 is 5.97 Å². The van der Waals surface area contributed by atoms with E-state index in [0.29, 0.717) is 38.9 Å². The van der Waals surface area contributed by atoms with Crippen LogP contribution in [0, 0.1) is 0 Å². The summed E-state index contributed by atoms with van der Waals surface area (Å²) in [4.78, 5) is 43.0. The number of carbonyl (C=O) groups is 2. The molecule has 35 heavy (non-hydrogen) atoms. The molecule has 10 heteroatoms. The van der Waals surface area contributed by atoms with Crippen molar-refractivity contribution in [3.05, 3.63) is 82.0 Å². The Labute approximate surface area is 204 Å². The minimum Gasteiger partial charge on any atom is -0.497 e. The van der Waals surface area contributed by atoms with Crippen LogP contribution in [0.4, 0.5) is 0 Å². The lowest BCUT2D eigenvalue weighted by molar-refractivity contribution is 0.0600. The Morgan fingerprint density at radius 3 is 2.57 bits per heavy atom. The first kappa shape index (κ1) is 24.1. The van der Waals surface area contributed by atoms with Crippen molar-refractivity contribution < 1.29 is 28.2 Å². The van der Waals surface area contributed by atoms with E-state index in [9.17, 15) is 14.4 Å². The number of nitrogens with zero attached hydrogens (tertiary/aromatic N) is 2. The second kappa shape index (κ2) is 10.5. The zero-order chi connectivity index (χ0) is 24.9. The third-order valence-corrected chi connectivity index (χ3v) is 6.25. The highest BCUT2D eigenvalue weighted by molar-refractivity contribution is 7.99. The molecule has 0 spiro atoms. The highest BCUT2D eigenvalue weighted by Crippen LogP contribution is 2.27. The molecule has 2 heterocycles. The zero-order valence-corrected chi connectivity index (χ0v) is 20.1. The summed E-state index contributed by atoms with van der Waals surface area (Å²) in [6.45, 7) is 0.131. The van der Waals surface area contributed by atoms with Crippen molar-refractivity contribution in [1.29, 1.82) is 0 Å². The molecule has 4 aromatic rings. The van der Waals surface area contributed by atoms with Gasteiger partial charge in [-0.25, -0.2) is 9.78 Å². The maximum Gasteiger partial charge on any atom is 0.337 e. The van der Waals surface area contributed by atoms with Crippen LogP contribution in [-0.2, 0) is 11.3 Å². The molecule has 180 valence electrons. The van der Waals surface area contributed by atoms with Gasteiger partial charge in [0.05, 0.1) is 61.9 Å². The van der Waals surface area contributed by atoms with E-state index in [-0.39, 0.29) is 29.2 Å². The number of hydrogen-bond acceptors (Lipinski definition) is 9. The van der Waals surface area contributed by atoms with Crippen LogP contribution in [0.2, 0.25) is 0 Å². The summed E-state index contributed by atoms with van der Waals surface area (Å²) in [5, 5.41) is 0.630. The van der Waals surface area contributed by atoms with E-state index in [1.54, 1.807) is 30.3 Å². The van der Waals surface area contributed by atoms with Gasteiger partial charge in [0, 0.05) is 0 Å². The van der Waals surface area contributed by atoms with Crippen molar-refractivity contribution in [3.8, 4) is 11.5 Å². The van der Waals surface area contributed by atoms with Gasteiger partial charge in [0.2, 0.25) is 0 Å². The highest BCUT2D eigenvalue weighted by atomic mass is 32.2. The molecule has 0 aliphatic heterocycles. The summed E-state index contributed by atoms with van der Waals surface area (Å²) in [6.07, 6.45) is 1.52. The first-order valence-electron chi connectivity index (χ1n) is 10.5. The lowest BCUT2D eigenvalue weighted by Crippen LogP contribution is -2.24. The lowest BCUT2D eigenvalue weighted by atomic mass is 10.1. The monoisotopic (exact) mass is 494 g/mol. The molecule has 0 amide bonds. The van der Waals surface area contributed by atoms with E-state index >= 15 is 0 Å². The summed E-state index contributed by atoms with van der Waals surface area (Å²) in [6, 6.07) is 13.0. The van der Waals surface area contributed by atoms with Crippen molar-refractivity contribution in [2.24, 2.45) is 0 Å². The summed E-state index contributed by atoms with van der Waals surface area (Å²) >= 11 is 1.10. The van der Waals surface area contributed by atoms with Gasteiger partial charge in [-0.15, -0.1) is 0 Å². The number of thioether (sulfide) groups is 1. The molecular weight excluding hydrogens is 472 g/mol. The van der Waals surface area contributed by atoms with E-state index in [1.165, 1.54) is 50.4 Å². The van der Waals surface area contributed by atoms with Crippen LogP contribution >= 0.6 is 11.8 Å². The van der Waals surface area contributed by atoms with Gasteiger partial charge in [-0.1, -0.05) is 11.8 Å². The number of esters is 1. The quantitative estimate of drug-likeness (QED) is 0.148. The minimum atomic E-state index is -0.539. The average Bonchev–Trinajstić information content (AvgIpc) is 3.41. The maximum absolute atomic E-state index is 13.4. The van der Waals surface area contributed by atoms with Crippen molar-refractivity contribution in [2.45, 2.75) is 11.7 Å². The number of rotatable bonds is 9. The number of fused-ring (bicyclic) bond motifs is 1. The molecule has 9 nitrogen and oxygen atoms in total. The van der Waals surface area contributed by atoms with Crippen molar-refractivity contribution >= 4 is 34.4 Å². The molecule has 0 atom stereocenters. The third-order valence-electron chi connectivity index (χ3n) is 5.27. The first-order chi connectivity index (χ1) is 16.9. The third kappa shape index (κ3) is 5.07. The molecule has 0 fully saturated rings. The number of furan rings is 1. The molecule has 0 aliphatic rings. The molecule has 0 radical (unpaired) electrons. The topological polar surface area (TPSA) is 110 Å². The Morgan fingerprint density at radius 1 is 1.06 bits per heavy atom. The van der Waals surface area contributed by atoms with E-state index in [1.807, 2.05) is 0 Å². The van der Waals surface area contributed by atoms with Crippen LogP contribution in [0.3, 0.4) is 0 Å². The molecule has 0 aliphatic carbocycles. The van der Waals surface area contributed by atoms with Gasteiger partial charge < -0.3 is 18.6 Å². The molecule has 0 saturated carbocycles. The Hall–Kier alpha value is -4.05. The summed E-state index contributed by atoms with van der Waals surface area (Å²) < 4.78 is 22.2. The molecular formula is C25H22N2O7S. The number of carbonyl (C=O) groups excluding carboxylic acids is 2. The normalized spacial score (nSPS) is 10.8. The number of methoxy groups -OCH3 is 3. The van der Waals surface area contributed by atoms with Gasteiger partial charge in [0.15, 0.2) is 10.9 Å². The Kier molecular flexibility index (Phi) is 7.21. The second-order valence-electron chi connectivity index (χ2n) is 7.37.